The van der Waals surface area contributed by atoms with Crippen molar-refractivity contribution in [3.8, 4) is 0 Å². The molecule has 0 amide bonds. The molecule has 4 nitrogen and oxygen atoms in total. The molecule has 0 atom stereocenters. The lowest BCUT2D eigenvalue weighted by atomic mass is 9.99. The molecular formula is C19H25ClN4. The molecule has 24 heavy (non-hydrogen) atoms. The Balaban J connectivity index is 1.60. The highest BCUT2D eigenvalue weighted by atomic mass is 35.5. The number of hydrogen-bond acceptors (Lipinski definition) is 4. The van der Waals surface area contributed by atoms with E-state index in [1.807, 2.05) is 19.1 Å². The van der Waals surface area contributed by atoms with Crippen molar-refractivity contribution in [2.45, 2.75) is 33.1 Å². The summed E-state index contributed by atoms with van der Waals surface area (Å²) in [6.07, 6.45) is 3.42. The molecule has 1 N–H and O–H groups in total. The Labute approximate surface area is 149 Å². The number of nitrogens with zero attached hydrogens (tertiary/aromatic N) is 3. The lowest BCUT2D eigenvalue weighted by molar-refractivity contribution is 0.436. The fraction of sp³-hybridized carbons (Fsp3) is 0.474. The molecule has 1 aliphatic heterocycles. The third-order valence-electron chi connectivity index (χ3n) is 4.57. The number of benzene rings is 1. The first-order valence-corrected chi connectivity index (χ1v) is 9.07. The van der Waals surface area contributed by atoms with E-state index < -0.39 is 0 Å². The molecule has 0 saturated carbocycles. The average Bonchev–Trinajstić information content (AvgIpc) is 2.57. The van der Waals surface area contributed by atoms with E-state index >= 15 is 0 Å². The van der Waals surface area contributed by atoms with Crippen molar-refractivity contribution in [1.82, 2.24) is 9.97 Å². The number of piperidine rings is 1. The fourth-order valence-corrected chi connectivity index (χ4v) is 3.15. The highest BCUT2D eigenvalue weighted by Crippen LogP contribution is 2.23. The number of hydrogen-bond donors (Lipinski definition) is 1. The summed E-state index contributed by atoms with van der Waals surface area (Å²) in [7, 11) is 0. The molecule has 0 bridgehead atoms. The van der Waals surface area contributed by atoms with Gasteiger partial charge in [0.1, 0.15) is 17.5 Å². The van der Waals surface area contributed by atoms with Gasteiger partial charge in [0.05, 0.1) is 0 Å². The minimum atomic E-state index is 0.777. The second kappa shape index (κ2) is 7.84. The Morgan fingerprint density at radius 2 is 1.88 bits per heavy atom. The van der Waals surface area contributed by atoms with Gasteiger partial charge >= 0.3 is 0 Å². The summed E-state index contributed by atoms with van der Waals surface area (Å²) >= 11 is 5.92. The molecule has 0 unspecified atom stereocenters. The van der Waals surface area contributed by atoms with E-state index in [1.165, 1.54) is 18.4 Å². The van der Waals surface area contributed by atoms with E-state index in [-0.39, 0.29) is 0 Å². The van der Waals surface area contributed by atoms with Crippen molar-refractivity contribution in [3.05, 3.63) is 46.7 Å². The third-order valence-corrected chi connectivity index (χ3v) is 4.82. The number of rotatable bonds is 5. The van der Waals surface area contributed by atoms with E-state index in [0.29, 0.717) is 0 Å². The van der Waals surface area contributed by atoms with Gasteiger partial charge in [-0.1, -0.05) is 30.7 Å². The Hall–Kier alpha value is -1.81. The normalized spacial score (nSPS) is 15.5. The number of nitrogens with one attached hydrogen (secondary N) is 1. The van der Waals surface area contributed by atoms with Gasteiger partial charge in [0.25, 0.3) is 0 Å². The highest BCUT2D eigenvalue weighted by molar-refractivity contribution is 6.30. The first kappa shape index (κ1) is 17.0. The van der Waals surface area contributed by atoms with Crippen LogP contribution in [-0.2, 0) is 6.42 Å². The van der Waals surface area contributed by atoms with Gasteiger partial charge in [0.15, 0.2) is 0 Å². The molecule has 0 spiro atoms. The van der Waals surface area contributed by atoms with Gasteiger partial charge in [-0.2, -0.15) is 0 Å². The molecule has 0 aliphatic carbocycles. The number of aromatic nitrogens is 2. The maximum atomic E-state index is 5.92. The van der Waals surface area contributed by atoms with Gasteiger partial charge in [-0.05, 0) is 49.8 Å². The molecule has 1 aliphatic rings. The van der Waals surface area contributed by atoms with Crippen LogP contribution in [0.15, 0.2) is 30.3 Å². The van der Waals surface area contributed by atoms with Crippen LogP contribution in [0.25, 0.3) is 0 Å². The second-order valence-corrected chi connectivity index (χ2v) is 7.07. The molecule has 1 aromatic carbocycles. The van der Waals surface area contributed by atoms with Crippen LogP contribution in [0.5, 0.6) is 0 Å². The Kier molecular flexibility index (Phi) is 5.56. The summed E-state index contributed by atoms with van der Waals surface area (Å²) in [6.45, 7) is 7.30. The minimum absolute atomic E-state index is 0.777. The molecule has 1 fully saturated rings. The standard InChI is InChI=1S/C19H25ClN4/c1-14-8-11-24(12-9-14)19-13-18(22-15(2)23-19)21-10-7-16-3-5-17(20)6-4-16/h3-6,13-14H,7-12H2,1-2H3,(H,21,22,23). The fourth-order valence-electron chi connectivity index (χ4n) is 3.03. The summed E-state index contributed by atoms with van der Waals surface area (Å²) in [5.41, 5.74) is 1.27. The molecule has 0 radical (unpaired) electrons. The van der Waals surface area contributed by atoms with Gasteiger partial charge in [-0.15, -0.1) is 0 Å². The van der Waals surface area contributed by atoms with Crippen LogP contribution in [0.4, 0.5) is 11.6 Å². The van der Waals surface area contributed by atoms with Crippen molar-refractivity contribution in [1.29, 1.82) is 0 Å². The van der Waals surface area contributed by atoms with Crippen molar-refractivity contribution in [3.63, 3.8) is 0 Å². The lowest BCUT2D eigenvalue weighted by Crippen LogP contribution is -2.33. The highest BCUT2D eigenvalue weighted by Gasteiger charge is 2.17. The molecule has 2 heterocycles. The van der Waals surface area contributed by atoms with E-state index in [4.69, 9.17) is 11.6 Å². The Morgan fingerprint density at radius 1 is 1.17 bits per heavy atom. The summed E-state index contributed by atoms with van der Waals surface area (Å²) in [4.78, 5) is 11.5. The molecule has 128 valence electrons. The molecular weight excluding hydrogens is 320 g/mol. The van der Waals surface area contributed by atoms with Crippen molar-refractivity contribution in [2.24, 2.45) is 5.92 Å². The first-order valence-electron chi connectivity index (χ1n) is 8.69. The maximum absolute atomic E-state index is 5.92. The zero-order valence-electron chi connectivity index (χ0n) is 14.4. The number of aryl methyl sites for hydroxylation is 1. The molecule has 5 heteroatoms. The third kappa shape index (κ3) is 4.60. The lowest BCUT2D eigenvalue weighted by Gasteiger charge is -2.31. The molecule has 3 rings (SSSR count). The van der Waals surface area contributed by atoms with E-state index in [2.05, 4.69) is 45.3 Å². The molecule has 1 aromatic heterocycles. The van der Waals surface area contributed by atoms with Gasteiger partial charge in [-0.3, -0.25) is 0 Å². The average molecular weight is 345 g/mol. The van der Waals surface area contributed by atoms with Gasteiger partial charge in [-0.25, -0.2) is 9.97 Å². The van der Waals surface area contributed by atoms with Crippen molar-refractivity contribution in [2.75, 3.05) is 29.9 Å². The second-order valence-electron chi connectivity index (χ2n) is 6.63. The predicted molar refractivity (Wildman–Crippen MR) is 101 cm³/mol. The topological polar surface area (TPSA) is 41.1 Å². The summed E-state index contributed by atoms with van der Waals surface area (Å²) < 4.78 is 0. The summed E-state index contributed by atoms with van der Waals surface area (Å²) in [5, 5.41) is 4.20. The van der Waals surface area contributed by atoms with Crippen LogP contribution in [0.3, 0.4) is 0 Å². The van der Waals surface area contributed by atoms with E-state index in [9.17, 15) is 0 Å². The monoisotopic (exact) mass is 344 g/mol. The zero-order chi connectivity index (χ0) is 16.9. The predicted octanol–water partition coefficient (Wildman–Crippen LogP) is 4.33. The van der Waals surface area contributed by atoms with Gasteiger partial charge < -0.3 is 10.2 Å². The van der Waals surface area contributed by atoms with Crippen LogP contribution in [-0.4, -0.2) is 29.6 Å². The van der Waals surface area contributed by atoms with Crippen LogP contribution < -0.4 is 10.2 Å². The van der Waals surface area contributed by atoms with Crippen LogP contribution in [0.1, 0.15) is 31.2 Å². The Bertz CT molecular complexity index is 664. The Morgan fingerprint density at radius 3 is 2.58 bits per heavy atom. The number of anilines is 2. The van der Waals surface area contributed by atoms with E-state index in [0.717, 1.165) is 54.5 Å². The minimum Gasteiger partial charge on any atom is -0.370 e. The largest absolute Gasteiger partial charge is 0.370 e. The maximum Gasteiger partial charge on any atom is 0.134 e. The van der Waals surface area contributed by atoms with E-state index in [1.54, 1.807) is 0 Å². The van der Waals surface area contributed by atoms with Crippen molar-refractivity contribution < 1.29 is 0 Å². The van der Waals surface area contributed by atoms with Crippen molar-refractivity contribution >= 4 is 23.2 Å². The first-order chi connectivity index (χ1) is 11.6. The van der Waals surface area contributed by atoms with Gasteiger partial charge in [0.2, 0.25) is 0 Å². The molecule has 2 aromatic rings. The van der Waals surface area contributed by atoms with Crippen LogP contribution in [0, 0.1) is 12.8 Å². The van der Waals surface area contributed by atoms with Crippen LogP contribution in [0.2, 0.25) is 5.02 Å². The summed E-state index contributed by atoms with van der Waals surface area (Å²) in [6, 6.07) is 10.1. The quantitative estimate of drug-likeness (QED) is 0.876. The summed E-state index contributed by atoms with van der Waals surface area (Å²) in [5.74, 6) is 3.59. The smallest absolute Gasteiger partial charge is 0.134 e. The van der Waals surface area contributed by atoms with Gasteiger partial charge in [0, 0.05) is 30.7 Å². The SMILES string of the molecule is Cc1nc(NCCc2ccc(Cl)cc2)cc(N2CCC(C)CC2)n1. The van der Waals surface area contributed by atoms with Crippen LogP contribution >= 0.6 is 11.6 Å². The zero-order valence-corrected chi connectivity index (χ0v) is 15.2. The molecule has 1 saturated heterocycles. The number of halogens is 1.